The summed E-state index contributed by atoms with van der Waals surface area (Å²) >= 11 is 0. The highest BCUT2D eigenvalue weighted by Crippen LogP contribution is 2.27. The van der Waals surface area contributed by atoms with Crippen molar-refractivity contribution in [1.82, 2.24) is 20.3 Å². The van der Waals surface area contributed by atoms with Gasteiger partial charge in [-0.25, -0.2) is 15.0 Å². The number of aliphatic hydroxyl groups excluding tert-OH is 1. The number of alkyl halides is 3. The summed E-state index contributed by atoms with van der Waals surface area (Å²) in [5.41, 5.74) is 1.26. The van der Waals surface area contributed by atoms with E-state index in [0.717, 1.165) is 12.1 Å². The van der Waals surface area contributed by atoms with E-state index in [4.69, 9.17) is 5.26 Å². The van der Waals surface area contributed by atoms with Crippen LogP contribution in [0.3, 0.4) is 0 Å². The van der Waals surface area contributed by atoms with Crippen LogP contribution in [0.2, 0.25) is 0 Å². The standard InChI is InChI=1S/C21H16F3N5O3/c1-12(11-30)27-20(31)18-8-17(13-3-6-16(7-4-13)32-21(22,23)24)28-19(29-18)14-2-5-15(9-25)26-10-14/h2-8,10,12,30H,11H2,1H3,(H,27,31). The number of carbonyl (C=O) groups is 1. The van der Waals surface area contributed by atoms with Gasteiger partial charge in [0.1, 0.15) is 23.2 Å². The number of ether oxygens (including phenoxy) is 1. The molecule has 0 spiro atoms. The molecular formula is C21H16F3N5O3. The molecule has 32 heavy (non-hydrogen) atoms. The van der Waals surface area contributed by atoms with Crippen molar-refractivity contribution in [1.29, 1.82) is 5.26 Å². The molecule has 2 heterocycles. The first-order valence-electron chi connectivity index (χ1n) is 9.22. The number of carbonyl (C=O) groups excluding carboxylic acids is 1. The van der Waals surface area contributed by atoms with Gasteiger partial charge in [0.15, 0.2) is 5.82 Å². The predicted octanol–water partition coefficient (Wildman–Crippen LogP) is 3.09. The Balaban J connectivity index is 2.03. The van der Waals surface area contributed by atoms with Crippen LogP contribution in [-0.2, 0) is 0 Å². The second-order valence-corrected chi connectivity index (χ2v) is 6.64. The molecule has 0 fully saturated rings. The zero-order chi connectivity index (χ0) is 23.3. The van der Waals surface area contributed by atoms with Gasteiger partial charge in [-0.05, 0) is 49.4 Å². The molecule has 1 unspecified atom stereocenters. The molecule has 1 amide bonds. The van der Waals surface area contributed by atoms with E-state index in [2.05, 4.69) is 25.0 Å². The van der Waals surface area contributed by atoms with E-state index in [1.165, 1.54) is 30.5 Å². The molecule has 8 nitrogen and oxygen atoms in total. The van der Waals surface area contributed by atoms with Crippen LogP contribution in [0.4, 0.5) is 13.2 Å². The Morgan fingerprint density at radius 1 is 1.19 bits per heavy atom. The number of nitrogens with zero attached hydrogens (tertiary/aromatic N) is 4. The lowest BCUT2D eigenvalue weighted by atomic mass is 10.1. The Labute approximate surface area is 180 Å². The normalized spacial score (nSPS) is 12.0. The number of benzene rings is 1. The molecule has 0 aliphatic carbocycles. The number of hydrogen-bond donors (Lipinski definition) is 2. The van der Waals surface area contributed by atoms with Crippen LogP contribution in [0.5, 0.6) is 5.75 Å². The molecule has 3 aromatic rings. The van der Waals surface area contributed by atoms with E-state index in [-0.39, 0.29) is 29.5 Å². The highest BCUT2D eigenvalue weighted by Gasteiger charge is 2.31. The van der Waals surface area contributed by atoms with Gasteiger partial charge in [0.05, 0.1) is 12.3 Å². The highest BCUT2D eigenvalue weighted by atomic mass is 19.4. The van der Waals surface area contributed by atoms with E-state index >= 15 is 0 Å². The third-order valence-corrected chi connectivity index (χ3v) is 4.13. The van der Waals surface area contributed by atoms with Crippen molar-refractivity contribution in [3.8, 4) is 34.5 Å². The maximum absolute atomic E-state index is 12.6. The first-order valence-corrected chi connectivity index (χ1v) is 9.22. The van der Waals surface area contributed by atoms with E-state index in [1.807, 2.05) is 6.07 Å². The molecular weight excluding hydrogens is 427 g/mol. The monoisotopic (exact) mass is 443 g/mol. The van der Waals surface area contributed by atoms with E-state index in [1.54, 1.807) is 13.0 Å². The number of amides is 1. The Bertz CT molecular complexity index is 1140. The van der Waals surface area contributed by atoms with Crippen LogP contribution in [0.1, 0.15) is 23.1 Å². The average Bonchev–Trinajstić information content (AvgIpc) is 2.78. The van der Waals surface area contributed by atoms with Crippen molar-refractivity contribution in [3.05, 3.63) is 60.0 Å². The summed E-state index contributed by atoms with van der Waals surface area (Å²) in [6.45, 7) is 1.32. The largest absolute Gasteiger partial charge is 0.573 e. The zero-order valence-corrected chi connectivity index (χ0v) is 16.6. The van der Waals surface area contributed by atoms with Gasteiger partial charge in [-0.3, -0.25) is 4.79 Å². The first-order chi connectivity index (χ1) is 15.2. The zero-order valence-electron chi connectivity index (χ0n) is 16.6. The quantitative estimate of drug-likeness (QED) is 0.601. The number of nitriles is 1. The molecule has 0 aliphatic rings. The van der Waals surface area contributed by atoms with Gasteiger partial charge in [-0.15, -0.1) is 13.2 Å². The van der Waals surface area contributed by atoms with Gasteiger partial charge in [0, 0.05) is 23.4 Å². The van der Waals surface area contributed by atoms with Gasteiger partial charge in [0.2, 0.25) is 0 Å². The Kier molecular flexibility index (Phi) is 6.65. The molecule has 0 radical (unpaired) electrons. The van der Waals surface area contributed by atoms with Crippen molar-refractivity contribution in [2.45, 2.75) is 19.3 Å². The maximum atomic E-state index is 12.6. The lowest BCUT2D eigenvalue weighted by molar-refractivity contribution is -0.274. The SMILES string of the molecule is CC(CO)NC(=O)c1cc(-c2ccc(OC(F)(F)F)cc2)nc(-c2ccc(C#N)nc2)n1. The summed E-state index contributed by atoms with van der Waals surface area (Å²) in [5.74, 6) is -0.853. The second kappa shape index (κ2) is 9.40. The summed E-state index contributed by atoms with van der Waals surface area (Å²) in [7, 11) is 0. The molecule has 0 saturated carbocycles. The smallest absolute Gasteiger partial charge is 0.406 e. The summed E-state index contributed by atoms with van der Waals surface area (Å²) in [4.78, 5) is 25.2. The number of nitrogens with one attached hydrogen (secondary N) is 1. The lowest BCUT2D eigenvalue weighted by Crippen LogP contribution is -2.35. The van der Waals surface area contributed by atoms with Gasteiger partial charge >= 0.3 is 6.36 Å². The third-order valence-electron chi connectivity index (χ3n) is 4.13. The minimum atomic E-state index is -4.82. The van der Waals surface area contributed by atoms with Crippen LogP contribution >= 0.6 is 0 Å². The molecule has 3 rings (SSSR count). The fourth-order valence-electron chi connectivity index (χ4n) is 2.60. The average molecular weight is 443 g/mol. The van der Waals surface area contributed by atoms with Gasteiger partial charge in [-0.2, -0.15) is 5.26 Å². The van der Waals surface area contributed by atoms with Gasteiger partial charge in [0.25, 0.3) is 5.91 Å². The van der Waals surface area contributed by atoms with Crippen LogP contribution in [0, 0.1) is 11.3 Å². The number of pyridine rings is 1. The summed E-state index contributed by atoms with van der Waals surface area (Å²) in [5, 5.41) is 20.7. The maximum Gasteiger partial charge on any atom is 0.573 e. The van der Waals surface area contributed by atoms with Crippen LogP contribution < -0.4 is 10.1 Å². The molecule has 164 valence electrons. The summed E-state index contributed by atoms with van der Waals surface area (Å²) in [6, 6.07) is 10.7. The molecule has 11 heteroatoms. The van der Waals surface area contributed by atoms with Crippen molar-refractivity contribution >= 4 is 5.91 Å². The number of hydrogen-bond acceptors (Lipinski definition) is 7. The van der Waals surface area contributed by atoms with Crippen LogP contribution in [-0.4, -0.2) is 45.0 Å². The van der Waals surface area contributed by atoms with Crippen molar-refractivity contribution < 1.29 is 27.8 Å². The summed E-state index contributed by atoms with van der Waals surface area (Å²) in [6.07, 6.45) is -3.45. The van der Waals surface area contributed by atoms with Crippen molar-refractivity contribution in [2.75, 3.05) is 6.61 Å². The Morgan fingerprint density at radius 2 is 1.88 bits per heavy atom. The molecule has 2 aromatic heterocycles. The number of halogens is 3. The Hall–Kier alpha value is -4.04. The van der Waals surface area contributed by atoms with E-state index < -0.39 is 24.1 Å². The number of rotatable bonds is 6. The van der Waals surface area contributed by atoms with Gasteiger partial charge < -0.3 is 15.2 Å². The van der Waals surface area contributed by atoms with Gasteiger partial charge in [-0.1, -0.05) is 0 Å². The molecule has 1 aromatic carbocycles. The molecule has 0 saturated heterocycles. The molecule has 0 bridgehead atoms. The van der Waals surface area contributed by atoms with Crippen LogP contribution in [0.15, 0.2) is 48.7 Å². The van der Waals surface area contributed by atoms with E-state index in [0.29, 0.717) is 11.1 Å². The topological polar surface area (TPSA) is 121 Å². The Morgan fingerprint density at radius 3 is 2.44 bits per heavy atom. The fourth-order valence-corrected chi connectivity index (χ4v) is 2.60. The fraction of sp³-hybridized carbons (Fsp3) is 0.190. The minimum absolute atomic E-state index is 0.0229. The summed E-state index contributed by atoms with van der Waals surface area (Å²) < 4.78 is 41.1. The minimum Gasteiger partial charge on any atom is -0.406 e. The number of aromatic nitrogens is 3. The van der Waals surface area contributed by atoms with Crippen LogP contribution in [0.25, 0.3) is 22.6 Å². The number of aliphatic hydroxyl groups is 1. The first kappa shape index (κ1) is 22.6. The molecule has 0 aliphatic heterocycles. The van der Waals surface area contributed by atoms with Crippen molar-refractivity contribution in [2.24, 2.45) is 0 Å². The van der Waals surface area contributed by atoms with Crippen molar-refractivity contribution in [3.63, 3.8) is 0 Å². The predicted molar refractivity (Wildman–Crippen MR) is 106 cm³/mol. The molecule has 1 atom stereocenters. The lowest BCUT2D eigenvalue weighted by Gasteiger charge is -2.13. The second-order valence-electron chi connectivity index (χ2n) is 6.64. The van der Waals surface area contributed by atoms with E-state index in [9.17, 15) is 23.1 Å². The highest BCUT2D eigenvalue weighted by molar-refractivity contribution is 5.94. The molecule has 2 N–H and O–H groups in total. The third kappa shape index (κ3) is 5.77.